The van der Waals surface area contributed by atoms with E-state index in [1.807, 2.05) is 32.7 Å². The predicted molar refractivity (Wildman–Crippen MR) is 55.5 cm³/mol. The Labute approximate surface area is 85.9 Å². The number of nitrogens with zero attached hydrogens (tertiary/aromatic N) is 1. The number of hydrogen-bond acceptors (Lipinski definition) is 3. The molecule has 0 aliphatic heterocycles. The van der Waals surface area contributed by atoms with Crippen molar-refractivity contribution in [2.24, 2.45) is 0 Å². The van der Waals surface area contributed by atoms with E-state index in [2.05, 4.69) is 0 Å². The second-order valence-corrected chi connectivity index (χ2v) is 4.41. The minimum absolute atomic E-state index is 0.117. The van der Waals surface area contributed by atoms with Crippen LogP contribution in [0.15, 0.2) is 0 Å². The maximum Gasteiger partial charge on any atom is 0.304 e. The van der Waals surface area contributed by atoms with Gasteiger partial charge in [-0.25, -0.2) is 0 Å². The van der Waals surface area contributed by atoms with Gasteiger partial charge < -0.3 is 14.7 Å². The first kappa shape index (κ1) is 13.4. The highest BCUT2D eigenvalue weighted by atomic mass is 16.5. The number of carbonyl (C=O) groups is 1. The summed E-state index contributed by atoms with van der Waals surface area (Å²) in [5.41, 5.74) is -0.117. The highest BCUT2D eigenvalue weighted by Gasteiger charge is 2.10. The lowest BCUT2D eigenvalue weighted by atomic mass is 10.2. The summed E-state index contributed by atoms with van der Waals surface area (Å²) in [6.45, 7) is 7.99. The fraction of sp³-hybridized carbons (Fsp3) is 0.900. The van der Waals surface area contributed by atoms with E-state index < -0.39 is 5.97 Å². The maximum absolute atomic E-state index is 10.3. The molecule has 0 aromatic rings. The number of hydrogen-bond donors (Lipinski definition) is 1. The van der Waals surface area contributed by atoms with E-state index in [-0.39, 0.29) is 12.0 Å². The molecule has 0 spiro atoms. The van der Waals surface area contributed by atoms with Crippen LogP contribution in [-0.4, -0.2) is 48.3 Å². The molecule has 14 heavy (non-hydrogen) atoms. The molecule has 4 heteroatoms. The molecule has 0 aromatic heterocycles. The van der Waals surface area contributed by atoms with Crippen molar-refractivity contribution < 1.29 is 14.6 Å². The third kappa shape index (κ3) is 9.48. The molecule has 0 rings (SSSR count). The van der Waals surface area contributed by atoms with Gasteiger partial charge in [0.25, 0.3) is 0 Å². The lowest BCUT2D eigenvalue weighted by molar-refractivity contribution is -0.137. The Morgan fingerprint density at radius 2 is 1.93 bits per heavy atom. The van der Waals surface area contributed by atoms with Crippen LogP contribution in [-0.2, 0) is 9.53 Å². The van der Waals surface area contributed by atoms with Crippen molar-refractivity contribution in [2.45, 2.75) is 32.8 Å². The van der Waals surface area contributed by atoms with Gasteiger partial charge in [-0.05, 0) is 27.8 Å². The van der Waals surface area contributed by atoms with Crippen molar-refractivity contribution in [3.8, 4) is 0 Å². The molecule has 0 saturated heterocycles. The number of aliphatic carboxylic acids is 1. The Hall–Kier alpha value is -0.610. The first-order valence-corrected chi connectivity index (χ1v) is 4.85. The third-order valence-electron chi connectivity index (χ3n) is 1.72. The number of rotatable bonds is 6. The molecule has 0 radical (unpaired) electrons. The minimum Gasteiger partial charge on any atom is -0.481 e. The predicted octanol–water partition coefficient (Wildman–Crippen LogP) is 1.21. The smallest absolute Gasteiger partial charge is 0.304 e. The van der Waals surface area contributed by atoms with Crippen molar-refractivity contribution in [3.05, 3.63) is 0 Å². The third-order valence-corrected chi connectivity index (χ3v) is 1.72. The van der Waals surface area contributed by atoms with Gasteiger partial charge in [-0.3, -0.25) is 4.79 Å². The number of carboxylic acid groups (broad SMARTS) is 1. The fourth-order valence-electron chi connectivity index (χ4n) is 0.906. The summed E-state index contributed by atoms with van der Waals surface area (Å²) in [6, 6.07) is 0. The van der Waals surface area contributed by atoms with Gasteiger partial charge in [0.05, 0.1) is 18.6 Å². The molecule has 0 atom stereocenters. The molecular weight excluding hydrogens is 182 g/mol. The van der Waals surface area contributed by atoms with Gasteiger partial charge in [0.15, 0.2) is 0 Å². The largest absolute Gasteiger partial charge is 0.481 e. The first-order valence-electron chi connectivity index (χ1n) is 4.85. The van der Waals surface area contributed by atoms with Crippen LogP contribution in [0.1, 0.15) is 27.2 Å². The van der Waals surface area contributed by atoms with Crippen molar-refractivity contribution in [1.29, 1.82) is 0 Å². The Morgan fingerprint density at radius 1 is 1.36 bits per heavy atom. The van der Waals surface area contributed by atoms with E-state index >= 15 is 0 Å². The Balaban J connectivity index is 3.45. The molecule has 4 nitrogen and oxygen atoms in total. The van der Waals surface area contributed by atoms with Gasteiger partial charge in [0, 0.05) is 13.1 Å². The van der Waals surface area contributed by atoms with Gasteiger partial charge in [-0.2, -0.15) is 0 Å². The molecule has 0 unspecified atom stereocenters. The Kier molecular flexibility index (Phi) is 5.72. The highest BCUT2D eigenvalue weighted by Crippen LogP contribution is 2.05. The van der Waals surface area contributed by atoms with E-state index in [1.54, 1.807) is 0 Å². The topological polar surface area (TPSA) is 49.8 Å². The maximum atomic E-state index is 10.3. The molecule has 0 aliphatic carbocycles. The van der Waals surface area contributed by atoms with Crippen LogP contribution < -0.4 is 0 Å². The summed E-state index contributed by atoms with van der Waals surface area (Å²) in [6.07, 6.45) is 0.187. The van der Waals surface area contributed by atoms with Gasteiger partial charge in [-0.1, -0.05) is 0 Å². The zero-order valence-electron chi connectivity index (χ0n) is 9.54. The van der Waals surface area contributed by atoms with Crippen LogP contribution >= 0.6 is 0 Å². The highest BCUT2D eigenvalue weighted by molar-refractivity contribution is 5.66. The molecule has 84 valence electrons. The van der Waals surface area contributed by atoms with E-state index in [9.17, 15) is 4.79 Å². The van der Waals surface area contributed by atoms with Crippen LogP contribution in [0.5, 0.6) is 0 Å². The minimum atomic E-state index is -0.756. The Bertz CT molecular complexity index is 175. The van der Waals surface area contributed by atoms with E-state index in [4.69, 9.17) is 9.84 Å². The van der Waals surface area contributed by atoms with Crippen LogP contribution in [0.2, 0.25) is 0 Å². The van der Waals surface area contributed by atoms with Crippen molar-refractivity contribution in [1.82, 2.24) is 4.90 Å². The molecule has 1 N–H and O–H groups in total. The van der Waals surface area contributed by atoms with Crippen LogP contribution in [0, 0.1) is 0 Å². The quantitative estimate of drug-likeness (QED) is 0.705. The molecular formula is C10H21NO3. The van der Waals surface area contributed by atoms with Crippen molar-refractivity contribution in [2.75, 3.05) is 26.7 Å². The SMILES string of the molecule is CN(CCOC(C)(C)C)CCC(=O)O. The molecule has 0 fully saturated rings. The molecule has 0 bridgehead atoms. The van der Waals surface area contributed by atoms with Gasteiger partial charge in [0.1, 0.15) is 0 Å². The number of likely N-dealkylation sites (N-methyl/N-ethyl adjacent to an activating group) is 1. The van der Waals surface area contributed by atoms with E-state index in [0.29, 0.717) is 13.2 Å². The van der Waals surface area contributed by atoms with Crippen LogP contribution in [0.3, 0.4) is 0 Å². The second-order valence-electron chi connectivity index (χ2n) is 4.41. The van der Waals surface area contributed by atoms with Gasteiger partial charge >= 0.3 is 5.97 Å². The second kappa shape index (κ2) is 5.98. The summed E-state index contributed by atoms with van der Waals surface area (Å²) in [5.74, 6) is -0.756. The standard InChI is InChI=1S/C10H21NO3/c1-10(2,3)14-8-7-11(4)6-5-9(12)13/h5-8H2,1-4H3,(H,12,13). The van der Waals surface area contributed by atoms with Crippen molar-refractivity contribution in [3.63, 3.8) is 0 Å². The van der Waals surface area contributed by atoms with E-state index in [0.717, 1.165) is 6.54 Å². The average Bonchev–Trinajstić information content (AvgIpc) is 1.98. The zero-order valence-corrected chi connectivity index (χ0v) is 9.54. The Morgan fingerprint density at radius 3 is 2.36 bits per heavy atom. The van der Waals surface area contributed by atoms with E-state index in [1.165, 1.54) is 0 Å². The van der Waals surface area contributed by atoms with Gasteiger partial charge in [-0.15, -0.1) is 0 Å². The molecule has 0 aromatic carbocycles. The summed E-state index contributed by atoms with van der Waals surface area (Å²) in [7, 11) is 1.90. The van der Waals surface area contributed by atoms with Crippen LogP contribution in [0.25, 0.3) is 0 Å². The van der Waals surface area contributed by atoms with Crippen LogP contribution in [0.4, 0.5) is 0 Å². The summed E-state index contributed by atoms with van der Waals surface area (Å²) in [4.78, 5) is 12.2. The summed E-state index contributed by atoms with van der Waals surface area (Å²) < 4.78 is 5.52. The number of carboxylic acids is 1. The summed E-state index contributed by atoms with van der Waals surface area (Å²) in [5, 5.41) is 8.46. The zero-order chi connectivity index (χ0) is 11.2. The fourth-order valence-corrected chi connectivity index (χ4v) is 0.906. The van der Waals surface area contributed by atoms with Crippen molar-refractivity contribution >= 4 is 5.97 Å². The summed E-state index contributed by atoms with van der Waals surface area (Å²) >= 11 is 0. The molecule has 0 amide bonds. The normalized spacial score (nSPS) is 12.1. The number of ether oxygens (including phenoxy) is 1. The lowest BCUT2D eigenvalue weighted by Gasteiger charge is -2.22. The molecule has 0 aliphatic rings. The molecule has 0 saturated carbocycles. The van der Waals surface area contributed by atoms with Gasteiger partial charge in [0.2, 0.25) is 0 Å². The average molecular weight is 203 g/mol. The molecule has 0 heterocycles. The first-order chi connectivity index (χ1) is 6.31. The lowest BCUT2D eigenvalue weighted by Crippen LogP contribution is -2.29. The monoisotopic (exact) mass is 203 g/mol.